The van der Waals surface area contributed by atoms with Crippen molar-refractivity contribution in [1.82, 2.24) is 4.90 Å². The number of nitrogens with zero attached hydrogens (tertiary/aromatic N) is 1. The molecule has 0 heterocycles. The molecule has 0 atom stereocenters. The molecular formula is C18H33NO3. The molecule has 0 spiro atoms. The van der Waals surface area contributed by atoms with Crippen molar-refractivity contribution in [3.63, 3.8) is 0 Å². The molecule has 128 valence electrons. The second kappa shape index (κ2) is 13.4. The number of hydrogen-bond donors (Lipinski definition) is 0. The lowest BCUT2D eigenvalue weighted by Crippen LogP contribution is -2.40. The second-order valence-electron chi connectivity index (χ2n) is 5.96. The van der Waals surface area contributed by atoms with Gasteiger partial charge in [-0.1, -0.05) is 58.4 Å². The summed E-state index contributed by atoms with van der Waals surface area (Å²) in [6, 6.07) is -0.0406. The summed E-state index contributed by atoms with van der Waals surface area (Å²) in [5, 5.41) is 0. The van der Waals surface area contributed by atoms with Gasteiger partial charge in [-0.15, -0.1) is 0 Å². The number of carbonyl (C=O) groups is 2. The average Bonchev–Trinajstić information content (AvgIpc) is 2.50. The molecule has 0 aromatic rings. The van der Waals surface area contributed by atoms with Crippen molar-refractivity contribution in [1.29, 1.82) is 0 Å². The third-order valence-corrected chi connectivity index (χ3v) is 3.64. The Morgan fingerprint density at radius 2 is 1.59 bits per heavy atom. The van der Waals surface area contributed by atoms with Crippen LogP contribution >= 0.6 is 0 Å². The monoisotopic (exact) mass is 311 g/mol. The van der Waals surface area contributed by atoms with Crippen LogP contribution in [0.2, 0.25) is 0 Å². The zero-order valence-corrected chi connectivity index (χ0v) is 14.6. The molecule has 0 unspecified atom stereocenters. The first-order valence-corrected chi connectivity index (χ1v) is 8.61. The molecule has 0 aromatic heterocycles. The summed E-state index contributed by atoms with van der Waals surface area (Å²) in [4.78, 5) is 24.8. The summed E-state index contributed by atoms with van der Waals surface area (Å²) < 4.78 is 5.20. The van der Waals surface area contributed by atoms with Gasteiger partial charge in [0.1, 0.15) is 6.54 Å². The van der Waals surface area contributed by atoms with Gasteiger partial charge in [-0.25, -0.2) is 0 Å². The molecule has 4 heteroatoms. The highest BCUT2D eigenvalue weighted by Crippen LogP contribution is 2.08. The largest absolute Gasteiger partial charge is 0.464 e. The number of rotatable bonds is 13. The summed E-state index contributed by atoms with van der Waals surface area (Å²) in [5.41, 5.74) is 0. The molecule has 0 fully saturated rings. The Bertz CT molecular complexity index is 326. The predicted molar refractivity (Wildman–Crippen MR) is 90.6 cm³/mol. The molecule has 0 N–H and O–H groups in total. The van der Waals surface area contributed by atoms with Gasteiger partial charge in [-0.05, 0) is 26.3 Å². The van der Waals surface area contributed by atoms with Crippen molar-refractivity contribution in [2.45, 2.75) is 78.2 Å². The molecular weight excluding hydrogens is 278 g/mol. The third kappa shape index (κ3) is 10.4. The number of unbranched alkanes of at least 4 members (excludes halogenated alkanes) is 7. The predicted octanol–water partition coefficient (Wildman–Crippen LogP) is 4.09. The fourth-order valence-electron chi connectivity index (χ4n) is 2.24. The zero-order valence-electron chi connectivity index (χ0n) is 14.6. The Morgan fingerprint density at radius 3 is 2.09 bits per heavy atom. The highest BCUT2D eigenvalue weighted by molar-refractivity contribution is 5.90. The van der Waals surface area contributed by atoms with Crippen LogP contribution in [0.3, 0.4) is 0 Å². The molecule has 0 aliphatic carbocycles. The Labute approximate surface area is 135 Å². The number of amides is 1. The Morgan fingerprint density at radius 1 is 1.05 bits per heavy atom. The van der Waals surface area contributed by atoms with E-state index in [-0.39, 0.29) is 24.5 Å². The Hall–Kier alpha value is -1.32. The van der Waals surface area contributed by atoms with Crippen LogP contribution in [0.4, 0.5) is 0 Å². The normalized spacial score (nSPS) is 10.5. The summed E-state index contributed by atoms with van der Waals surface area (Å²) in [6.45, 7) is 9.85. The van der Waals surface area contributed by atoms with Crippen molar-refractivity contribution in [2.24, 2.45) is 0 Å². The lowest BCUT2D eigenvalue weighted by molar-refractivity contribution is -0.149. The van der Waals surface area contributed by atoms with Crippen LogP contribution in [0.15, 0.2) is 12.7 Å². The first-order chi connectivity index (χ1) is 10.5. The van der Waals surface area contributed by atoms with E-state index in [4.69, 9.17) is 4.74 Å². The molecule has 1 amide bonds. The molecule has 0 aliphatic heterocycles. The van der Waals surface area contributed by atoms with Gasteiger partial charge in [0.2, 0.25) is 5.91 Å². The molecule has 4 nitrogen and oxygen atoms in total. The highest BCUT2D eigenvalue weighted by Gasteiger charge is 2.18. The van der Waals surface area contributed by atoms with Crippen LogP contribution in [0.5, 0.6) is 0 Å². The SMILES string of the molecule is C=CC(=O)N(CC(=O)OCCCCCCCCCC)C(C)C. The molecule has 0 rings (SSSR count). The molecule has 22 heavy (non-hydrogen) atoms. The smallest absolute Gasteiger partial charge is 0.325 e. The van der Waals surface area contributed by atoms with Gasteiger partial charge in [0.05, 0.1) is 6.61 Å². The molecule has 0 aliphatic rings. The first kappa shape index (κ1) is 20.7. The fourth-order valence-corrected chi connectivity index (χ4v) is 2.24. The van der Waals surface area contributed by atoms with Crippen molar-refractivity contribution in [3.05, 3.63) is 12.7 Å². The Kier molecular flexibility index (Phi) is 12.5. The molecule has 0 saturated heterocycles. The number of carbonyl (C=O) groups excluding carboxylic acids is 2. The number of esters is 1. The van der Waals surface area contributed by atoms with E-state index in [0.29, 0.717) is 6.61 Å². The molecule has 0 bridgehead atoms. The minimum Gasteiger partial charge on any atom is -0.464 e. The van der Waals surface area contributed by atoms with E-state index in [1.54, 1.807) is 0 Å². The molecule has 0 aromatic carbocycles. The van der Waals surface area contributed by atoms with Crippen LogP contribution in [0.25, 0.3) is 0 Å². The lowest BCUT2D eigenvalue weighted by Gasteiger charge is -2.24. The summed E-state index contributed by atoms with van der Waals surface area (Å²) in [5.74, 6) is -0.578. The Balaban J connectivity index is 3.68. The van der Waals surface area contributed by atoms with Crippen LogP contribution in [0.1, 0.15) is 72.1 Å². The molecule has 0 radical (unpaired) electrons. The van der Waals surface area contributed by atoms with Crippen LogP contribution < -0.4 is 0 Å². The summed E-state index contributed by atoms with van der Waals surface area (Å²) >= 11 is 0. The van der Waals surface area contributed by atoms with Crippen molar-refractivity contribution < 1.29 is 14.3 Å². The topological polar surface area (TPSA) is 46.6 Å². The van der Waals surface area contributed by atoms with Crippen molar-refractivity contribution in [2.75, 3.05) is 13.2 Å². The van der Waals surface area contributed by atoms with Gasteiger partial charge in [-0.2, -0.15) is 0 Å². The van der Waals surface area contributed by atoms with Crippen LogP contribution in [-0.2, 0) is 14.3 Å². The van der Waals surface area contributed by atoms with E-state index in [1.807, 2.05) is 13.8 Å². The number of ether oxygens (including phenoxy) is 1. The van der Waals surface area contributed by atoms with Gasteiger partial charge in [-0.3, -0.25) is 9.59 Å². The van der Waals surface area contributed by atoms with Crippen LogP contribution in [-0.4, -0.2) is 36.0 Å². The van der Waals surface area contributed by atoms with Gasteiger partial charge in [0, 0.05) is 6.04 Å². The second-order valence-corrected chi connectivity index (χ2v) is 5.96. The van der Waals surface area contributed by atoms with E-state index in [2.05, 4.69) is 13.5 Å². The standard InChI is InChI=1S/C18H33NO3/c1-5-7-8-9-10-11-12-13-14-22-18(21)15-19(16(3)4)17(20)6-2/h6,16H,2,5,7-15H2,1,3-4H3. The van der Waals surface area contributed by atoms with Crippen LogP contribution in [0, 0.1) is 0 Å². The van der Waals surface area contributed by atoms with Gasteiger partial charge < -0.3 is 9.64 Å². The lowest BCUT2D eigenvalue weighted by atomic mass is 10.1. The summed E-state index contributed by atoms with van der Waals surface area (Å²) in [6.07, 6.45) is 10.9. The van der Waals surface area contributed by atoms with E-state index in [9.17, 15) is 9.59 Å². The van der Waals surface area contributed by atoms with Gasteiger partial charge in [0.25, 0.3) is 0 Å². The first-order valence-electron chi connectivity index (χ1n) is 8.61. The molecule has 0 saturated carbocycles. The minimum absolute atomic E-state index is 0.000459. The van der Waals surface area contributed by atoms with E-state index < -0.39 is 0 Å². The zero-order chi connectivity index (χ0) is 16.8. The van der Waals surface area contributed by atoms with E-state index in [1.165, 1.54) is 49.5 Å². The fraction of sp³-hybridized carbons (Fsp3) is 0.778. The van der Waals surface area contributed by atoms with Crippen molar-refractivity contribution >= 4 is 11.9 Å². The van der Waals surface area contributed by atoms with E-state index >= 15 is 0 Å². The highest BCUT2D eigenvalue weighted by atomic mass is 16.5. The maximum Gasteiger partial charge on any atom is 0.325 e. The maximum absolute atomic E-state index is 11.7. The average molecular weight is 311 g/mol. The third-order valence-electron chi connectivity index (χ3n) is 3.64. The minimum atomic E-state index is -0.341. The quantitative estimate of drug-likeness (QED) is 0.292. The van der Waals surface area contributed by atoms with E-state index in [0.717, 1.165) is 12.8 Å². The van der Waals surface area contributed by atoms with Gasteiger partial charge in [0.15, 0.2) is 0 Å². The van der Waals surface area contributed by atoms with Gasteiger partial charge >= 0.3 is 5.97 Å². The number of hydrogen-bond acceptors (Lipinski definition) is 3. The van der Waals surface area contributed by atoms with Crippen molar-refractivity contribution in [3.8, 4) is 0 Å². The maximum atomic E-state index is 11.7. The summed E-state index contributed by atoms with van der Waals surface area (Å²) in [7, 11) is 0.